The van der Waals surface area contributed by atoms with Gasteiger partial charge in [-0.05, 0) is 184 Å². The van der Waals surface area contributed by atoms with Gasteiger partial charge in [0.25, 0.3) is 0 Å². The summed E-state index contributed by atoms with van der Waals surface area (Å²) in [6.45, 7) is 0. The summed E-state index contributed by atoms with van der Waals surface area (Å²) in [6, 6.07) is 131. The molecule has 0 unspecified atom stereocenters. The molecule has 462 valence electrons. The van der Waals surface area contributed by atoms with E-state index in [1.54, 1.807) is 0 Å². The van der Waals surface area contributed by atoms with E-state index in [9.17, 15) is 0 Å². The van der Waals surface area contributed by atoms with Crippen LogP contribution in [-0.4, -0.2) is 19.1 Å². The average Bonchev–Trinajstić information content (AvgIpc) is 1.51. The average molecular weight is 1270 g/mol. The van der Waals surface area contributed by atoms with Gasteiger partial charge < -0.3 is 9.13 Å². The van der Waals surface area contributed by atoms with Gasteiger partial charge in [0.2, 0.25) is 0 Å². The lowest BCUT2D eigenvalue weighted by molar-refractivity contribution is 0.794. The zero-order valence-corrected chi connectivity index (χ0v) is 54.3. The first-order valence-electron chi connectivity index (χ1n) is 34.7. The predicted molar refractivity (Wildman–Crippen MR) is 410 cm³/mol. The summed E-state index contributed by atoms with van der Waals surface area (Å²) in [5.41, 5.74) is 36.3. The second kappa shape index (κ2) is 20.8. The van der Waals surface area contributed by atoms with Gasteiger partial charge in [-0.3, -0.25) is 0 Å². The highest BCUT2D eigenvalue weighted by Crippen LogP contribution is 2.65. The Balaban J connectivity index is 0.729. The maximum absolute atomic E-state index is 5.52. The number of benzene rings is 15. The Morgan fingerprint density at radius 1 is 0.190 bits per heavy atom. The van der Waals surface area contributed by atoms with Crippen LogP contribution in [0, 0.1) is 0 Å². The van der Waals surface area contributed by atoms with Crippen LogP contribution in [0.15, 0.2) is 352 Å². The minimum absolute atomic E-state index is 0.401. The van der Waals surface area contributed by atoms with Crippen molar-refractivity contribution >= 4 is 43.6 Å². The molecule has 4 nitrogen and oxygen atoms in total. The van der Waals surface area contributed by atoms with Crippen LogP contribution in [0.4, 0.5) is 0 Å². The molecule has 4 heteroatoms. The van der Waals surface area contributed by atoms with Crippen LogP contribution in [0.25, 0.3) is 156 Å². The van der Waals surface area contributed by atoms with Crippen molar-refractivity contribution in [2.45, 2.75) is 10.8 Å². The molecule has 0 saturated heterocycles. The fraction of sp³-hybridized carbons (Fsp3) is 0.0208. The van der Waals surface area contributed by atoms with Gasteiger partial charge in [0.05, 0.1) is 44.3 Å². The number of aromatic nitrogens is 4. The van der Waals surface area contributed by atoms with E-state index >= 15 is 0 Å². The van der Waals surface area contributed by atoms with E-state index in [2.05, 4.69) is 355 Å². The van der Waals surface area contributed by atoms with Crippen molar-refractivity contribution in [3.05, 3.63) is 396 Å². The Bertz CT molecular complexity index is 6060. The van der Waals surface area contributed by atoms with Crippen LogP contribution in [0.5, 0.6) is 0 Å². The number of hydrogen-bond donors (Lipinski definition) is 0. The molecule has 0 amide bonds. The Hall–Kier alpha value is -13.0. The highest BCUT2D eigenvalue weighted by Gasteiger charge is 2.53. The van der Waals surface area contributed by atoms with Crippen LogP contribution in [-0.2, 0) is 10.8 Å². The molecule has 0 atom stereocenters. The molecule has 0 fully saturated rings. The molecule has 2 spiro atoms. The summed E-state index contributed by atoms with van der Waals surface area (Å²) < 4.78 is 4.95. The molecule has 22 rings (SSSR count). The van der Waals surface area contributed by atoms with E-state index in [-0.39, 0.29) is 0 Å². The molecule has 4 aliphatic carbocycles. The van der Waals surface area contributed by atoms with Crippen molar-refractivity contribution in [2.24, 2.45) is 0 Å². The first kappa shape index (κ1) is 55.1. The summed E-state index contributed by atoms with van der Waals surface area (Å²) in [5, 5.41) is 4.73. The third-order valence-electron chi connectivity index (χ3n) is 22.5. The number of rotatable bonds is 7. The molecule has 4 aliphatic rings. The fourth-order valence-electron chi connectivity index (χ4n) is 18.5. The lowest BCUT2D eigenvalue weighted by Gasteiger charge is -2.30. The zero-order chi connectivity index (χ0) is 65.4. The largest absolute Gasteiger partial charge is 0.309 e. The Morgan fingerprint density at radius 3 is 0.920 bits per heavy atom. The minimum atomic E-state index is -0.401. The van der Waals surface area contributed by atoms with Crippen molar-refractivity contribution in [2.75, 3.05) is 0 Å². The Morgan fingerprint density at radius 2 is 0.500 bits per heavy atom. The topological polar surface area (TPSA) is 35.6 Å². The first-order valence-corrected chi connectivity index (χ1v) is 34.7. The molecule has 0 radical (unpaired) electrons. The molecule has 0 bridgehead atoms. The van der Waals surface area contributed by atoms with Crippen LogP contribution in [0.2, 0.25) is 0 Å². The number of hydrogen-bond acceptors (Lipinski definition) is 2. The van der Waals surface area contributed by atoms with Gasteiger partial charge in [0, 0.05) is 49.6 Å². The molecular formula is C96H58N4. The SMILES string of the molecule is c1ccc(-c2cc(-c3cc(-n4c5ccccc5c5cc(-c6ccc7c(c6)-c6ccccc6C76c7ccccc7-c7ccccc76)ccc54)cc(-n4c5ccccc5c5cc(-c6ccc7c(c6)-c6ccccc6C76c7ccccc7-c7ccccc76)ccc54)c3)nc(-c3ccccc3)n2)cc1. The molecule has 3 aromatic heterocycles. The van der Waals surface area contributed by atoms with E-state index < -0.39 is 10.8 Å². The van der Waals surface area contributed by atoms with Crippen LogP contribution in [0.3, 0.4) is 0 Å². The summed E-state index contributed by atoms with van der Waals surface area (Å²) in [5.74, 6) is 0.670. The van der Waals surface area contributed by atoms with E-state index in [4.69, 9.17) is 9.97 Å². The third-order valence-corrected chi connectivity index (χ3v) is 22.5. The second-order valence-corrected chi connectivity index (χ2v) is 27.4. The van der Waals surface area contributed by atoms with Gasteiger partial charge in [-0.1, -0.05) is 279 Å². The summed E-state index contributed by atoms with van der Waals surface area (Å²) in [6.07, 6.45) is 0. The van der Waals surface area contributed by atoms with E-state index in [1.165, 1.54) is 133 Å². The van der Waals surface area contributed by atoms with Crippen molar-refractivity contribution in [1.82, 2.24) is 19.1 Å². The summed E-state index contributed by atoms with van der Waals surface area (Å²) in [4.78, 5) is 10.8. The second-order valence-electron chi connectivity index (χ2n) is 27.4. The highest BCUT2D eigenvalue weighted by atomic mass is 15.0. The predicted octanol–water partition coefficient (Wildman–Crippen LogP) is 23.7. The Labute approximate surface area is 578 Å². The lowest BCUT2D eigenvalue weighted by Crippen LogP contribution is -2.25. The maximum Gasteiger partial charge on any atom is 0.160 e. The van der Waals surface area contributed by atoms with Gasteiger partial charge >= 0.3 is 0 Å². The summed E-state index contributed by atoms with van der Waals surface area (Å²) >= 11 is 0. The van der Waals surface area contributed by atoms with Gasteiger partial charge in [0.15, 0.2) is 5.82 Å². The van der Waals surface area contributed by atoms with Crippen molar-refractivity contribution in [3.63, 3.8) is 0 Å². The third kappa shape index (κ3) is 7.48. The van der Waals surface area contributed by atoms with E-state index in [0.717, 1.165) is 61.5 Å². The highest BCUT2D eigenvalue weighted by molar-refractivity contribution is 6.13. The first-order chi connectivity index (χ1) is 49.6. The number of para-hydroxylation sites is 2. The van der Waals surface area contributed by atoms with Gasteiger partial charge in [-0.15, -0.1) is 0 Å². The van der Waals surface area contributed by atoms with Crippen molar-refractivity contribution in [1.29, 1.82) is 0 Å². The molecular weight excluding hydrogens is 1210 g/mol. The van der Waals surface area contributed by atoms with Crippen molar-refractivity contribution in [3.8, 4) is 112 Å². The molecule has 0 saturated carbocycles. The smallest absolute Gasteiger partial charge is 0.160 e. The summed E-state index contributed by atoms with van der Waals surface area (Å²) in [7, 11) is 0. The normalized spacial score (nSPS) is 13.6. The molecule has 3 heterocycles. The van der Waals surface area contributed by atoms with Crippen molar-refractivity contribution < 1.29 is 0 Å². The zero-order valence-electron chi connectivity index (χ0n) is 54.3. The Kier molecular flexibility index (Phi) is 11.4. The fourth-order valence-corrected chi connectivity index (χ4v) is 18.5. The number of fused-ring (bicyclic) bond motifs is 26. The molecule has 18 aromatic rings. The van der Waals surface area contributed by atoms with Gasteiger partial charge in [-0.2, -0.15) is 0 Å². The van der Waals surface area contributed by atoms with E-state index in [0.29, 0.717) is 5.82 Å². The maximum atomic E-state index is 5.52. The van der Waals surface area contributed by atoms with E-state index in [1.807, 2.05) is 6.07 Å². The molecule has 100 heavy (non-hydrogen) atoms. The standard InChI is InChI=1S/C96H58N4/c1-3-23-59(24-4-1)88-58-89(98-94(97-88)60-25-5-2-6-26-60)65-51-66(99-90-41-21-13-33-74(90)78-55-63(45-49-92(78)99)61-43-47-86-76(53-61)72-31-11-19-39-84(72)95(86)80-35-15-7-27-68(80)69-28-8-16-36-81(69)95)57-67(52-65)100-91-42-22-14-34-75(91)79-56-64(46-50-93(79)100)62-44-48-87-77(54-62)73-32-12-20-40-85(73)96(87)82-37-17-9-29-70(82)71-30-10-18-38-83(71)96/h1-58H. The van der Waals surface area contributed by atoms with Crippen LogP contribution < -0.4 is 0 Å². The molecule has 0 aliphatic heterocycles. The minimum Gasteiger partial charge on any atom is -0.309 e. The monoisotopic (exact) mass is 1270 g/mol. The quantitative estimate of drug-likeness (QED) is 0.159. The number of nitrogens with zero attached hydrogens (tertiary/aromatic N) is 4. The van der Waals surface area contributed by atoms with Gasteiger partial charge in [0.1, 0.15) is 0 Å². The van der Waals surface area contributed by atoms with Gasteiger partial charge in [-0.25, -0.2) is 9.97 Å². The van der Waals surface area contributed by atoms with Crippen LogP contribution in [0.1, 0.15) is 44.5 Å². The van der Waals surface area contributed by atoms with Crippen LogP contribution >= 0.6 is 0 Å². The lowest BCUT2D eigenvalue weighted by atomic mass is 9.70. The molecule has 0 N–H and O–H groups in total. The molecule has 15 aromatic carbocycles.